The van der Waals surface area contributed by atoms with E-state index in [0.29, 0.717) is 3.57 Å². The molecule has 0 amide bonds. The van der Waals surface area contributed by atoms with Gasteiger partial charge in [-0.3, -0.25) is 10.1 Å². The van der Waals surface area contributed by atoms with Crippen LogP contribution >= 0.6 is 22.6 Å². The van der Waals surface area contributed by atoms with Crippen molar-refractivity contribution in [3.63, 3.8) is 0 Å². The third-order valence-electron chi connectivity index (χ3n) is 3.18. The number of halogens is 1. The zero-order valence-corrected chi connectivity index (χ0v) is 13.1. The first-order valence-electron chi connectivity index (χ1n) is 6.33. The Labute approximate surface area is 135 Å². The van der Waals surface area contributed by atoms with Crippen molar-refractivity contribution in [3.05, 3.63) is 74.3 Å². The number of fused-ring (bicyclic) bond motifs is 1. The van der Waals surface area contributed by atoms with Gasteiger partial charge >= 0.3 is 0 Å². The molecule has 0 aromatic heterocycles. The van der Waals surface area contributed by atoms with Crippen LogP contribution in [0.15, 0.2) is 60.7 Å². The number of nitro benzene ring substituents is 1. The fourth-order valence-electron chi connectivity index (χ4n) is 2.17. The van der Waals surface area contributed by atoms with E-state index < -0.39 is 0 Å². The van der Waals surface area contributed by atoms with E-state index in [0.717, 1.165) is 16.8 Å². The van der Waals surface area contributed by atoms with E-state index in [2.05, 4.69) is 23.5 Å². The number of nitro groups is 1. The van der Waals surface area contributed by atoms with Crippen molar-refractivity contribution >= 4 is 50.4 Å². The number of rotatable bonds is 3. The number of hydrogen-bond donors (Lipinski definition) is 1. The molecule has 0 aliphatic rings. The standard InChI is InChI=1S/C16H11IN2O2/c17-15-10-14(7-8-16(15)19(20)21)18-13-6-5-11-3-1-2-4-12(11)9-13/h1-10,18H. The molecule has 0 bridgehead atoms. The second kappa shape index (κ2) is 5.69. The molecule has 0 aliphatic carbocycles. The van der Waals surface area contributed by atoms with Crippen LogP contribution in [-0.2, 0) is 0 Å². The first-order valence-corrected chi connectivity index (χ1v) is 7.41. The van der Waals surface area contributed by atoms with Crippen molar-refractivity contribution in [2.24, 2.45) is 0 Å². The van der Waals surface area contributed by atoms with Crippen molar-refractivity contribution in [2.75, 3.05) is 5.32 Å². The maximum atomic E-state index is 10.8. The lowest BCUT2D eigenvalue weighted by atomic mass is 10.1. The third kappa shape index (κ3) is 2.97. The van der Waals surface area contributed by atoms with E-state index in [1.165, 1.54) is 11.5 Å². The van der Waals surface area contributed by atoms with Gasteiger partial charge in [-0.05, 0) is 57.6 Å². The molecular formula is C16H11IN2O2. The molecule has 4 nitrogen and oxygen atoms in total. The summed E-state index contributed by atoms with van der Waals surface area (Å²) in [7, 11) is 0. The summed E-state index contributed by atoms with van der Waals surface area (Å²) in [5, 5.41) is 16.4. The molecule has 104 valence electrons. The molecule has 0 spiro atoms. The SMILES string of the molecule is O=[N+]([O-])c1ccc(Nc2ccc3ccccc3c2)cc1I. The van der Waals surface area contributed by atoms with Gasteiger partial charge in [0.05, 0.1) is 8.49 Å². The van der Waals surface area contributed by atoms with E-state index in [9.17, 15) is 10.1 Å². The Balaban J connectivity index is 1.91. The molecule has 0 heterocycles. The molecule has 0 aliphatic heterocycles. The minimum absolute atomic E-state index is 0.125. The van der Waals surface area contributed by atoms with E-state index in [1.54, 1.807) is 12.1 Å². The van der Waals surface area contributed by atoms with Gasteiger partial charge in [0.2, 0.25) is 0 Å². The van der Waals surface area contributed by atoms with Crippen LogP contribution in [0.4, 0.5) is 17.1 Å². The highest BCUT2D eigenvalue weighted by Gasteiger charge is 2.11. The first kappa shape index (κ1) is 13.8. The molecule has 3 aromatic carbocycles. The lowest BCUT2D eigenvalue weighted by molar-refractivity contribution is -0.385. The lowest BCUT2D eigenvalue weighted by Crippen LogP contribution is -1.94. The summed E-state index contributed by atoms with van der Waals surface area (Å²) in [6.07, 6.45) is 0. The fourth-order valence-corrected chi connectivity index (χ4v) is 2.88. The van der Waals surface area contributed by atoms with Gasteiger partial charge in [0, 0.05) is 17.4 Å². The maximum absolute atomic E-state index is 10.8. The molecule has 0 unspecified atom stereocenters. The Morgan fingerprint density at radius 2 is 1.57 bits per heavy atom. The highest BCUT2D eigenvalue weighted by atomic mass is 127. The van der Waals surface area contributed by atoms with Crippen LogP contribution in [0.2, 0.25) is 0 Å². The average molecular weight is 390 g/mol. The predicted molar refractivity (Wildman–Crippen MR) is 93.0 cm³/mol. The number of nitrogens with zero attached hydrogens (tertiary/aromatic N) is 1. The first-order chi connectivity index (χ1) is 10.1. The predicted octanol–water partition coefficient (Wildman–Crippen LogP) is 5.10. The van der Waals surface area contributed by atoms with E-state index in [1.807, 2.05) is 46.9 Å². The van der Waals surface area contributed by atoms with Crippen LogP contribution in [-0.4, -0.2) is 4.92 Å². The summed E-state index contributed by atoms with van der Waals surface area (Å²) >= 11 is 1.98. The zero-order chi connectivity index (χ0) is 14.8. The normalized spacial score (nSPS) is 10.5. The van der Waals surface area contributed by atoms with Crippen LogP contribution in [0.5, 0.6) is 0 Å². The summed E-state index contributed by atoms with van der Waals surface area (Å²) in [6.45, 7) is 0. The van der Waals surface area contributed by atoms with Gasteiger partial charge in [-0.25, -0.2) is 0 Å². The fraction of sp³-hybridized carbons (Fsp3) is 0. The van der Waals surface area contributed by atoms with Gasteiger partial charge in [0.15, 0.2) is 0 Å². The number of nitrogens with one attached hydrogen (secondary N) is 1. The summed E-state index contributed by atoms with van der Waals surface area (Å²) in [5.74, 6) is 0. The lowest BCUT2D eigenvalue weighted by Gasteiger charge is -2.08. The number of anilines is 2. The summed E-state index contributed by atoms with van der Waals surface area (Å²) < 4.78 is 0.614. The molecule has 0 saturated carbocycles. The second-order valence-corrected chi connectivity index (χ2v) is 5.77. The van der Waals surface area contributed by atoms with E-state index in [4.69, 9.17) is 0 Å². The molecular weight excluding hydrogens is 379 g/mol. The van der Waals surface area contributed by atoms with Crippen LogP contribution in [0, 0.1) is 13.7 Å². The molecule has 3 aromatic rings. The Morgan fingerprint density at radius 1 is 0.905 bits per heavy atom. The van der Waals surface area contributed by atoms with E-state index >= 15 is 0 Å². The highest BCUT2D eigenvalue weighted by molar-refractivity contribution is 14.1. The summed E-state index contributed by atoms with van der Waals surface area (Å²) in [5.41, 5.74) is 1.92. The third-order valence-corrected chi connectivity index (χ3v) is 4.05. The molecule has 0 radical (unpaired) electrons. The monoisotopic (exact) mass is 390 g/mol. The van der Waals surface area contributed by atoms with Gasteiger partial charge in [0.1, 0.15) is 0 Å². The van der Waals surface area contributed by atoms with Crippen molar-refractivity contribution in [1.82, 2.24) is 0 Å². The Bertz CT molecular complexity index is 833. The summed E-state index contributed by atoms with van der Waals surface area (Å²) in [4.78, 5) is 10.4. The molecule has 0 fully saturated rings. The number of hydrogen-bond acceptors (Lipinski definition) is 3. The van der Waals surface area contributed by atoms with Gasteiger partial charge in [-0.15, -0.1) is 0 Å². The molecule has 1 N–H and O–H groups in total. The van der Waals surface area contributed by atoms with Crippen LogP contribution in [0.25, 0.3) is 10.8 Å². The Kier molecular flexibility index (Phi) is 3.74. The largest absolute Gasteiger partial charge is 0.355 e. The molecule has 0 saturated heterocycles. The molecule has 0 atom stereocenters. The maximum Gasteiger partial charge on any atom is 0.282 e. The zero-order valence-electron chi connectivity index (χ0n) is 10.9. The van der Waals surface area contributed by atoms with Crippen molar-refractivity contribution in [1.29, 1.82) is 0 Å². The van der Waals surface area contributed by atoms with Gasteiger partial charge in [-0.1, -0.05) is 30.3 Å². The van der Waals surface area contributed by atoms with Gasteiger partial charge < -0.3 is 5.32 Å². The average Bonchev–Trinajstić information content (AvgIpc) is 2.47. The minimum Gasteiger partial charge on any atom is -0.355 e. The second-order valence-electron chi connectivity index (χ2n) is 4.61. The van der Waals surface area contributed by atoms with Crippen LogP contribution < -0.4 is 5.32 Å². The summed E-state index contributed by atoms with van der Waals surface area (Å²) in [6, 6.07) is 19.2. The quantitative estimate of drug-likeness (QED) is 0.385. The Morgan fingerprint density at radius 3 is 2.29 bits per heavy atom. The molecule has 5 heteroatoms. The smallest absolute Gasteiger partial charge is 0.282 e. The topological polar surface area (TPSA) is 55.2 Å². The minimum atomic E-state index is -0.373. The molecule has 3 rings (SSSR count). The van der Waals surface area contributed by atoms with Crippen molar-refractivity contribution < 1.29 is 4.92 Å². The van der Waals surface area contributed by atoms with Gasteiger partial charge in [-0.2, -0.15) is 0 Å². The number of benzene rings is 3. The Hall–Kier alpha value is -2.15. The van der Waals surface area contributed by atoms with Crippen LogP contribution in [0.1, 0.15) is 0 Å². The van der Waals surface area contributed by atoms with Crippen molar-refractivity contribution in [2.45, 2.75) is 0 Å². The van der Waals surface area contributed by atoms with E-state index in [-0.39, 0.29) is 10.6 Å². The van der Waals surface area contributed by atoms with Crippen molar-refractivity contribution in [3.8, 4) is 0 Å². The highest BCUT2D eigenvalue weighted by Crippen LogP contribution is 2.27. The van der Waals surface area contributed by atoms with Crippen LogP contribution in [0.3, 0.4) is 0 Å². The van der Waals surface area contributed by atoms with Gasteiger partial charge in [0.25, 0.3) is 5.69 Å². The molecule has 21 heavy (non-hydrogen) atoms.